The van der Waals surface area contributed by atoms with Crippen molar-refractivity contribution in [2.75, 3.05) is 24.3 Å². The van der Waals surface area contributed by atoms with Crippen LogP contribution in [0.3, 0.4) is 0 Å². The Labute approximate surface area is 125 Å². The maximum absolute atomic E-state index is 12.4. The van der Waals surface area contributed by atoms with Crippen molar-refractivity contribution in [2.45, 2.75) is 27.2 Å². The largest absolute Gasteiger partial charge is 0.495 e. The molecule has 0 heterocycles. The number of anilines is 2. The van der Waals surface area contributed by atoms with E-state index in [1.54, 1.807) is 18.2 Å². The number of ether oxygens (including phenoxy) is 1. The van der Waals surface area contributed by atoms with Crippen LogP contribution in [0.1, 0.15) is 27.2 Å². The van der Waals surface area contributed by atoms with E-state index >= 15 is 0 Å². The Morgan fingerprint density at radius 2 is 2.00 bits per heavy atom. The van der Waals surface area contributed by atoms with Gasteiger partial charge in [-0.15, -0.1) is 0 Å². The minimum absolute atomic E-state index is 0.175. The Balaban J connectivity index is 3.05. The first-order valence-electron chi connectivity index (χ1n) is 6.83. The van der Waals surface area contributed by atoms with E-state index in [1.807, 2.05) is 13.8 Å². The van der Waals surface area contributed by atoms with Crippen molar-refractivity contribution in [3.63, 3.8) is 0 Å². The van der Waals surface area contributed by atoms with Gasteiger partial charge in [0.1, 0.15) is 5.75 Å². The minimum atomic E-state index is -0.644. The van der Waals surface area contributed by atoms with E-state index in [0.29, 0.717) is 23.5 Å². The Morgan fingerprint density at radius 3 is 2.48 bits per heavy atom. The molecule has 116 valence electrons. The van der Waals surface area contributed by atoms with Crippen molar-refractivity contribution in [1.82, 2.24) is 0 Å². The third kappa shape index (κ3) is 4.19. The number of hydrogen-bond acceptors (Lipinski definition) is 4. The summed E-state index contributed by atoms with van der Waals surface area (Å²) < 4.78 is 5.23. The molecule has 1 atom stereocenters. The second-order valence-electron chi connectivity index (χ2n) is 5.17. The predicted molar refractivity (Wildman–Crippen MR) is 83.4 cm³/mol. The standard InChI is InChI=1S/C15H23N3O3/c1-5-15(3,9-16)14(20)18-12-8-11(17-10(2)19)6-7-13(12)21-4/h6-8H,5,9,16H2,1-4H3,(H,17,19)(H,18,20). The number of rotatable bonds is 6. The van der Waals surface area contributed by atoms with Gasteiger partial charge in [-0.25, -0.2) is 0 Å². The molecule has 0 aliphatic heterocycles. The number of benzene rings is 1. The molecule has 1 unspecified atom stereocenters. The summed E-state index contributed by atoms with van der Waals surface area (Å²) >= 11 is 0. The van der Waals surface area contributed by atoms with Gasteiger partial charge in [-0.3, -0.25) is 9.59 Å². The van der Waals surface area contributed by atoms with Crippen molar-refractivity contribution in [3.8, 4) is 5.75 Å². The Kier molecular flexibility index (Phi) is 5.72. The third-order valence-corrected chi connectivity index (χ3v) is 3.55. The summed E-state index contributed by atoms with van der Waals surface area (Å²) in [7, 11) is 1.52. The van der Waals surface area contributed by atoms with Crippen molar-refractivity contribution < 1.29 is 14.3 Å². The fraction of sp³-hybridized carbons (Fsp3) is 0.467. The highest BCUT2D eigenvalue weighted by Crippen LogP contribution is 2.30. The predicted octanol–water partition coefficient (Wildman–Crippen LogP) is 1.97. The Morgan fingerprint density at radius 1 is 1.33 bits per heavy atom. The van der Waals surface area contributed by atoms with Crippen LogP contribution < -0.4 is 21.1 Å². The summed E-state index contributed by atoms with van der Waals surface area (Å²) in [5.41, 5.74) is 6.13. The number of amides is 2. The van der Waals surface area contributed by atoms with Crippen molar-refractivity contribution >= 4 is 23.2 Å². The molecule has 1 aromatic carbocycles. The number of nitrogens with one attached hydrogen (secondary N) is 2. The number of hydrogen-bond donors (Lipinski definition) is 3. The van der Waals surface area contributed by atoms with Crippen LogP contribution in [-0.4, -0.2) is 25.5 Å². The highest BCUT2D eigenvalue weighted by Gasteiger charge is 2.30. The monoisotopic (exact) mass is 293 g/mol. The second-order valence-corrected chi connectivity index (χ2v) is 5.17. The summed E-state index contributed by atoms with van der Waals surface area (Å²) in [5, 5.41) is 5.49. The highest BCUT2D eigenvalue weighted by molar-refractivity contribution is 5.98. The molecule has 6 heteroatoms. The smallest absolute Gasteiger partial charge is 0.231 e. The second kappa shape index (κ2) is 7.08. The van der Waals surface area contributed by atoms with Gasteiger partial charge in [0.2, 0.25) is 11.8 Å². The average Bonchev–Trinajstić information content (AvgIpc) is 2.46. The number of carbonyl (C=O) groups is 2. The van der Waals surface area contributed by atoms with Crippen LogP contribution in [0.25, 0.3) is 0 Å². The first-order valence-corrected chi connectivity index (χ1v) is 6.83. The molecule has 0 aliphatic carbocycles. The van der Waals surface area contributed by atoms with Crippen LogP contribution >= 0.6 is 0 Å². The molecule has 1 rings (SSSR count). The molecule has 2 amide bonds. The molecule has 0 aliphatic rings. The lowest BCUT2D eigenvalue weighted by Gasteiger charge is -2.25. The zero-order valence-corrected chi connectivity index (χ0v) is 12.9. The van der Waals surface area contributed by atoms with Crippen LogP contribution in [0.4, 0.5) is 11.4 Å². The zero-order valence-electron chi connectivity index (χ0n) is 12.9. The van der Waals surface area contributed by atoms with Gasteiger partial charge < -0.3 is 21.1 Å². The molecule has 0 radical (unpaired) electrons. The van der Waals surface area contributed by atoms with Gasteiger partial charge in [0, 0.05) is 19.2 Å². The first kappa shape index (κ1) is 17.0. The molecular weight excluding hydrogens is 270 g/mol. The molecule has 1 aromatic rings. The average molecular weight is 293 g/mol. The van der Waals surface area contributed by atoms with Crippen LogP contribution in [-0.2, 0) is 9.59 Å². The van der Waals surface area contributed by atoms with E-state index in [-0.39, 0.29) is 18.4 Å². The molecule has 4 N–H and O–H groups in total. The molecule has 0 bridgehead atoms. The number of carbonyl (C=O) groups excluding carboxylic acids is 2. The van der Waals surface area contributed by atoms with Crippen LogP contribution in [0.5, 0.6) is 5.75 Å². The minimum Gasteiger partial charge on any atom is -0.495 e. The van der Waals surface area contributed by atoms with Crippen molar-refractivity contribution in [3.05, 3.63) is 18.2 Å². The van der Waals surface area contributed by atoms with Gasteiger partial charge >= 0.3 is 0 Å². The third-order valence-electron chi connectivity index (χ3n) is 3.55. The normalized spacial score (nSPS) is 13.2. The number of nitrogens with two attached hydrogens (primary N) is 1. The topological polar surface area (TPSA) is 93.5 Å². The van der Waals surface area contributed by atoms with Gasteiger partial charge in [-0.2, -0.15) is 0 Å². The maximum Gasteiger partial charge on any atom is 0.231 e. The molecule has 0 saturated carbocycles. The van der Waals surface area contributed by atoms with Gasteiger partial charge in [-0.1, -0.05) is 6.92 Å². The van der Waals surface area contributed by atoms with Crippen molar-refractivity contribution in [2.24, 2.45) is 11.1 Å². The van der Waals surface area contributed by atoms with E-state index < -0.39 is 5.41 Å². The van der Waals surface area contributed by atoms with Crippen LogP contribution in [0.2, 0.25) is 0 Å². The summed E-state index contributed by atoms with van der Waals surface area (Å²) in [5.74, 6) is 0.163. The van der Waals surface area contributed by atoms with Gasteiger partial charge in [0.25, 0.3) is 0 Å². The molecule has 21 heavy (non-hydrogen) atoms. The van der Waals surface area contributed by atoms with Gasteiger partial charge in [0.05, 0.1) is 18.2 Å². The SMILES string of the molecule is CCC(C)(CN)C(=O)Nc1cc(NC(C)=O)ccc1OC. The summed E-state index contributed by atoms with van der Waals surface area (Å²) in [6.45, 7) is 5.40. The number of methoxy groups -OCH3 is 1. The molecule has 6 nitrogen and oxygen atoms in total. The quantitative estimate of drug-likeness (QED) is 0.747. The lowest BCUT2D eigenvalue weighted by Crippen LogP contribution is -2.39. The molecule has 0 spiro atoms. The molecule has 0 fully saturated rings. The fourth-order valence-corrected chi connectivity index (χ4v) is 1.76. The van der Waals surface area contributed by atoms with Gasteiger partial charge in [-0.05, 0) is 31.5 Å². The zero-order chi connectivity index (χ0) is 16.0. The Hall–Kier alpha value is -2.08. The highest BCUT2D eigenvalue weighted by atomic mass is 16.5. The van der Waals surface area contributed by atoms with E-state index in [4.69, 9.17) is 10.5 Å². The van der Waals surface area contributed by atoms with E-state index in [2.05, 4.69) is 10.6 Å². The summed E-state index contributed by atoms with van der Waals surface area (Å²) in [6.07, 6.45) is 0.628. The first-order chi connectivity index (χ1) is 9.86. The molecule has 0 saturated heterocycles. The van der Waals surface area contributed by atoms with Gasteiger partial charge in [0.15, 0.2) is 0 Å². The van der Waals surface area contributed by atoms with Crippen molar-refractivity contribution in [1.29, 1.82) is 0 Å². The van der Waals surface area contributed by atoms with E-state index in [1.165, 1.54) is 14.0 Å². The van der Waals surface area contributed by atoms with E-state index in [0.717, 1.165) is 0 Å². The summed E-state index contributed by atoms with van der Waals surface area (Å²) in [6, 6.07) is 5.05. The lowest BCUT2D eigenvalue weighted by atomic mass is 9.86. The fourth-order valence-electron chi connectivity index (χ4n) is 1.76. The van der Waals surface area contributed by atoms with Crippen LogP contribution in [0, 0.1) is 5.41 Å². The van der Waals surface area contributed by atoms with Crippen LogP contribution in [0.15, 0.2) is 18.2 Å². The maximum atomic E-state index is 12.4. The molecule has 0 aromatic heterocycles. The van der Waals surface area contributed by atoms with E-state index in [9.17, 15) is 9.59 Å². The molecular formula is C15H23N3O3. The Bertz CT molecular complexity index is 525. The summed E-state index contributed by atoms with van der Waals surface area (Å²) in [4.78, 5) is 23.5. The lowest BCUT2D eigenvalue weighted by molar-refractivity contribution is -0.124.